The molecule has 28 heavy (non-hydrogen) atoms. The molecule has 1 aromatic carbocycles. The van der Waals surface area contributed by atoms with Gasteiger partial charge in [0.15, 0.2) is 0 Å². The molecule has 0 aliphatic rings. The van der Waals surface area contributed by atoms with Crippen molar-refractivity contribution in [2.75, 3.05) is 14.2 Å². The summed E-state index contributed by atoms with van der Waals surface area (Å²) >= 11 is 0. The third-order valence-electron chi connectivity index (χ3n) is 4.09. The first-order valence-electron chi connectivity index (χ1n) is 9.02. The number of rotatable bonds is 9. The van der Waals surface area contributed by atoms with Gasteiger partial charge in [-0.25, -0.2) is 9.59 Å². The van der Waals surface area contributed by atoms with Gasteiger partial charge in [-0.15, -0.1) is 0 Å². The monoisotopic (exact) mass is 391 g/mol. The topological polar surface area (TPSA) is 90.9 Å². The van der Waals surface area contributed by atoms with Crippen molar-refractivity contribution in [2.45, 2.75) is 45.8 Å². The van der Waals surface area contributed by atoms with Gasteiger partial charge in [0.1, 0.15) is 6.61 Å². The SMILES string of the molecule is COC(=O)/C(=C\CC(C)(C)NC(=O)OCc1ccccc1)C[C@H](C)C(=O)OC. The van der Waals surface area contributed by atoms with Crippen molar-refractivity contribution in [3.05, 3.63) is 47.5 Å². The van der Waals surface area contributed by atoms with Crippen LogP contribution in [0.1, 0.15) is 39.2 Å². The maximum atomic E-state index is 12.1. The van der Waals surface area contributed by atoms with Crippen molar-refractivity contribution in [3.8, 4) is 0 Å². The Hall–Kier alpha value is -2.83. The number of alkyl carbamates (subject to hydrolysis) is 1. The van der Waals surface area contributed by atoms with Gasteiger partial charge in [-0.1, -0.05) is 43.3 Å². The Kier molecular flexibility index (Phi) is 9.21. The van der Waals surface area contributed by atoms with Gasteiger partial charge < -0.3 is 19.5 Å². The van der Waals surface area contributed by atoms with Crippen LogP contribution in [0.2, 0.25) is 0 Å². The number of nitrogens with one attached hydrogen (secondary N) is 1. The highest BCUT2D eigenvalue weighted by Crippen LogP contribution is 2.18. The third kappa shape index (κ3) is 8.24. The Bertz CT molecular complexity index is 696. The zero-order chi connectivity index (χ0) is 21.2. The van der Waals surface area contributed by atoms with E-state index in [0.717, 1.165) is 5.56 Å². The summed E-state index contributed by atoms with van der Waals surface area (Å²) < 4.78 is 14.7. The fourth-order valence-electron chi connectivity index (χ4n) is 2.46. The Labute approximate surface area is 166 Å². The van der Waals surface area contributed by atoms with Gasteiger partial charge >= 0.3 is 18.0 Å². The molecule has 7 heteroatoms. The summed E-state index contributed by atoms with van der Waals surface area (Å²) in [5.41, 5.74) is 0.578. The molecule has 0 bridgehead atoms. The number of benzene rings is 1. The van der Waals surface area contributed by atoms with Crippen molar-refractivity contribution in [1.82, 2.24) is 5.32 Å². The first-order chi connectivity index (χ1) is 13.2. The number of carbonyl (C=O) groups is 3. The zero-order valence-corrected chi connectivity index (χ0v) is 17.1. The molecule has 7 nitrogen and oxygen atoms in total. The lowest BCUT2D eigenvalue weighted by Crippen LogP contribution is -2.43. The highest BCUT2D eigenvalue weighted by Gasteiger charge is 2.24. The van der Waals surface area contributed by atoms with Crippen LogP contribution in [0.3, 0.4) is 0 Å². The van der Waals surface area contributed by atoms with Crippen LogP contribution in [0.5, 0.6) is 0 Å². The van der Waals surface area contributed by atoms with Crippen molar-refractivity contribution in [2.24, 2.45) is 5.92 Å². The van der Waals surface area contributed by atoms with Gasteiger partial charge in [-0.2, -0.15) is 0 Å². The van der Waals surface area contributed by atoms with E-state index in [0.29, 0.717) is 12.0 Å². The molecule has 1 N–H and O–H groups in total. The molecule has 1 aromatic rings. The predicted octanol–water partition coefficient (Wildman–Crippen LogP) is 3.38. The predicted molar refractivity (Wildman–Crippen MR) is 104 cm³/mol. The van der Waals surface area contributed by atoms with Crippen molar-refractivity contribution in [3.63, 3.8) is 0 Å². The lowest BCUT2D eigenvalue weighted by atomic mass is 9.95. The minimum absolute atomic E-state index is 0.169. The van der Waals surface area contributed by atoms with E-state index < -0.39 is 29.5 Å². The van der Waals surface area contributed by atoms with E-state index in [1.165, 1.54) is 14.2 Å². The second kappa shape index (κ2) is 11.1. The maximum Gasteiger partial charge on any atom is 0.407 e. The van der Waals surface area contributed by atoms with Gasteiger partial charge in [0.2, 0.25) is 0 Å². The minimum Gasteiger partial charge on any atom is -0.469 e. The van der Waals surface area contributed by atoms with Crippen molar-refractivity contribution < 1.29 is 28.6 Å². The number of hydrogen-bond donors (Lipinski definition) is 1. The van der Waals surface area contributed by atoms with Gasteiger partial charge in [-0.05, 0) is 32.3 Å². The molecule has 154 valence electrons. The molecule has 1 amide bonds. The highest BCUT2D eigenvalue weighted by atomic mass is 16.5. The van der Waals surface area contributed by atoms with Crippen molar-refractivity contribution in [1.29, 1.82) is 0 Å². The Morgan fingerprint density at radius 2 is 1.75 bits per heavy atom. The third-order valence-corrected chi connectivity index (χ3v) is 4.09. The normalized spacial score (nSPS) is 12.7. The van der Waals surface area contributed by atoms with Crippen LogP contribution in [-0.2, 0) is 30.4 Å². The number of ether oxygens (including phenoxy) is 3. The minimum atomic E-state index is -0.665. The first kappa shape index (κ1) is 23.2. The van der Waals surface area contributed by atoms with E-state index >= 15 is 0 Å². The number of methoxy groups -OCH3 is 2. The van der Waals surface area contributed by atoms with Crippen LogP contribution >= 0.6 is 0 Å². The maximum absolute atomic E-state index is 12.1. The molecule has 0 saturated heterocycles. The molecular formula is C21H29NO6. The summed E-state index contributed by atoms with van der Waals surface area (Å²) in [7, 11) is 2.58. The lowest BCUT2D eigenvalue weighted by molar-refractivity contribution is -0.145. The van der Waals surface area contributed by atoms with Gasteiger partial charge in [0, 0.05) is 11.1 Å². The Morgan fingerprint density at radius 3 is 2.32 bits per heavy atom. The second-order valence-electron chi connectivity index (χ2n) is 7.12. The number of hydrogen-bond acceptors (Lipinski definition) is 6. The molecular weight excluding hydrogens is 362 g/mol. The van der Waals surface area contributed by atoms with E-state index in [9.17, 15) is 14.4 Å². The van der Waals surface area contributed by atoms with Crippen LogP contribution in [0.15, 0.2) is 42.0 Å². The molecule has 0 aromatic heterocycles. The van der Waals surface area contributed by atoms with E-state index in [1.807, 2.05) is 44.2 Å². The molecule has 0 aliphatic carbocycles. The summed E-state index contributed by atoms with van der Waals surface area (Å²) in [5.74, 6) is -1.41. The summed E-state index contributed by atoms with van der Waals surface area (Å²) in [6.07, 6.45) is 1.66. The largest absolute Gasteiger partial charge is 0.469 e. The number of carbonyl (C=O) groups excluding carboxylic acids is 3. The fourth-order valence-corrected chi connectivity index (χ4v) is 2.46. The van der Waals surface area contributed by atoms with Gasteiger partial charge in [-0.3, -0.25) is 4.79 Å². The van der Waals surface area contributed by atoms with Crippen LogP contribution in [0.4, 0.5) is 4.79 Å². The van der Waals surface area contributed by atoms with E-state index in [-0.39, 0.29) is 13.0 Å². The number of amides is 1. The number of esters is 2. The van der Waals surface area contributed by atoms with Crippen LogP contribution in [0.25, 0.3) is 0 Å². The molecule has 0 spiro atoms. The van der Waals surface area contributed by atoms with Gasteiger partial charge in [0.05, 0.1) is 20.1 Å². The standard InChI is InChI=1S/C21H29NO6/c1-15(18(23)26-4)13-17(19(24)27-5)11-12-21(2,3)22-20(25)28-14-16-9-7-6-8-10-16/h6-11,15H,12-14H2,1-5H3,(H,22,25)/b17-11-/t15-/m0/s1. The molecule has 0 unspecified atom stereocenters. The average Bonchev–Trinajstić information content (AvgIpc) is 2.68. The Morgan fingerprint density at radius 1 is 1.11 bits per heavy atom. The summed E-state index contributed by atoms with van der Waals surface area (Å²) in [6, 6.07) is 9.36. The van der Waals surface area contributed by atoms with E-state index in [2.05, 4.69) is 5.32 Å². The van der Waals surface area contributed by atoms with Gasteiger partial charge in [0.25, 0.3) is 0 Å². The summed E-state index contributed by atoms with van der Waals surface area (Å²) in [6.45, 7) is 5.47. The van der Waals surface area contributed by atoms with Crippen LogP contribution < -0.4 is 5.32 Å². The van der Waals surface area contributed by atoms with E-state index in [1.54, 1.807) is 13.0 Å². The molecule has 0 fully saturated rings. The average molecular weight is 391 g/mol. The fraction of sp³-hybridized carbons (Fsp3) is 0.476. The lowest BCUT2D eigenvalue weighted by Gasteiger charge is -2.25. The van der Waals surface area contributed by atoms with Crippen molar-refractivity contribution >= 4 is 18.0 Å². The zero-order valence-electron chi connectivity index (χ0n) is 17.1. The Balaban J connectivity index is 2.67. The molecule has 0 radical (unpaired) electrons. The van der Waals surface area contributed by atoms with Crippen LogP contribution in [0, 0.1) is 5.92 Å². The summed E-state index contributed by atoms with van der Waals surface area (Å²) in [5, 5.41) is 2.78. The molecule has 0 heterocycles. The highest BCUT2D eigenvalue weighted by molar-refractivity contribution is 5.89. The van der Waals surface area contributed by atoms with E-state index in [4.69, 9.17) is 14.2 Å². The quantitative estimate of drug-likeness (QED) is 0.394. The summed E-state index contributed by atoms with van der Waals surface area (Å²) in [4.78, 5) is 35.7. The molecule has 1 rings (SSSR count). The molecule has 0 saturated carbocycles. The second-order valence-corrected chi connectivity index (χ2v) is 7.12. The first-order valence-corrected chi connectivity index (χ1v) is 9.02. The van der Waals surface area contributed by atoms with Crippen LogP contribution in [-0.4, -0.2) is 37.8 Å². The molecule has 0 aliphatic heterocycles. The smallest absolute Gasteiger partial charge is 0.407 e. The molecule has 1 atom stereocenters.